The van der Waals surface area contributed by atoms with Crippen molar-refractivity contribution in [1.82, 2.24) is 0 Å². The van der Waals surface area contributed by atoms with Crippen LogP contribution in [0.3, 0.4) is 0 Å². The summed E-state index contributed by atoms with van der Waals surface area (Å²) in [7, 11) is 0. The summed E-state index contributed by atoms with van der Waals surface area (Å²) in [6, 6.07) is 13.8. The minimum Gasteiger partial charge on any atom is -0.452 e. The van der Waals surface area contributed by atoms with E-state index in [4.69, 9.17) is 4.74 Å². The number of benzene rings is 2. The molecule has 0 spiro atoms. The summed E-state index contributed by atoms with van der Waals surface area (Å²) in [4.78, 5) is 23.7. The number of hydrogen-bond acceptors (Lipinski definition) is 3. The van der Waals surface area contributed by atoms with Gasteiger partial charge in [0.25, 0.3) is 5.91 Å². The molecule has 0 bridgehead atoms. The second kappa shape index (κ2) is 8.99. The highest BCUT2D eigenvalue weighted by molar-refractivity contribution is 5.95. The van der Waals surface area contributed by atoms with E-state index >= 15 is 0 Å². The molecule has 2 rings (SSSR count). The van der Waals surface area contributed by atoms with Gasteiger partial charge in [0.2, 0.25) is 0 Å². The van der Waals surface area contributed by atoms with Crippen LogP contribution in [0.2, 0.25) is 0 Å². The van der Waals surface area contributed by atoms with Gasteiger partial charge in [0.1, 0.15) is 0 Å². The summed E-state index contributed by atoms with van der Waals surface area (Å²) in [6.07, 6.45) is 3.00. The number of carbonyl (C=O) groups excluding carboxylic acids is 2. The molecular formula is C22H25NO3. The fourth-order valence-corrected chi connectivity index (χ4v) is 2.40. The lowest BCUT2D eigenvalue weighted by Gasteiger charge is -2.09. The molecular weight excluding hydrogens is 326 g/mol. The van der Waals surface area contributed by atoms with Crippen molar-refractivity contribution < 1.29 is 14.3 Å². The van der Waals surface area contributed by atoms with Crippen LogP contribution in [-0.4, -0.2) is 18.5 Å². The Labute approximate surface area is 154 Å². The molecule has 2 aromatic carbocycles. The van der Waals surface area contributed by atoms with Crippen molar-refractivity contribution in [2.45, 2.75) is 33.6 Å². The lowest BCUT2D eigenvalue weighted by molar-refractivity contribution is -0.142. The first-order valence-corrected chi connectivity index (χ1v) is 8.67. The number of carbonyl (C=O) groups is 2. The van der Waals surface area contributed by atoms with E-state index in [-0.39, 0.29) is 12.5 Å². The summed E-state index contributed by atoms with van der Waals surface area (Å²) in [5, 5.41) is 2.76. The quantitative estimate of drug-likeness (QED) is 0.610. The van der Waals surface area contributed by atoms with Crippen LogP contribution in [0.25, 0.3) is 6.08 Å². The van der Waals surface area contributed by atoms with Gasteiger partial charge in [-0.3, -0.25) is 4.79 Å². The molecule has 136 valence electrons. The third-order valence-electron chi connectivity index (χ3n) is 4.03. The van der Waals surface area contributed by atoms with E-state index in [9.17, 15) is 9.59 Å². The number of rotatable bonds is 6. The molecule has 0 atom stereocenters. The van der Waals surface area contributed by atoms with Crippen molar-refractivity contribution in [1.29, 1.82) is 0 Å². The Morgan fingerprint density at radius 2 is 1.77 bits per heavy atom. The second-order valence-electron chi connectivity index (χ2n) is 6.63. The number of ether oxygens (including phenoxy) is 1. The van der Waals surface area contributed by atoms with Gasteiger partial charge in [-0.1, -0.05) is 50.2 Å². The molecule has 0 heterocycles. The van der Waals surface area contributed by atoms with Gasteiger partial charge >= 0.3 is 5.97 Å². The average Bonchev–Trinajstić information content (AvgIpc) is 2.61. The van der Waals surface area contributed by atoms with Crippen LogP contribution in [0.4, 0.5) is 5.69 Å². The summed E-state index contributed by atoms with van der Waals surface area (Å²) in [6.45, 7) is 7.81. The van der Waals surface area contributed by atoms with Crippen LogP contribution >= 0.6 is 0 Å². The molecule has 26 heavy (non-hydrogen) atoms. The highest BCUT2D eigenvalue weighted by Gasteiger charge is 2.07. The minimum atomic E-state index is -0.547. The molecule has 0 saturated heterocycles. The van der Waals surface area contributed by atoms with E-state index in [1.165, 1.54) is 11.6 Å². The van der Waals surface area contributed by atoms with E-state index in [0.29, 0.717) is 5.92 Å². The van der Waals surface area contributed by atoms with Crippen LogP contribution < -0.4 is 5.32 Å². The second-order valence-corrected chi connectivity index (χ2v) is 6.63. The minimum absolute atomic E-state index is 0.317. The van der Waals surface area contributed by atoms with Crippen molar-refractivity contribution >= 4 is 23.6 Å². The number of esters is 1. The number of hydrogen-bond donors (Lipinski definition) is 1. The third-order valence-corrected chi connectivity index (χ3v) is 4.03. The summed E-state index contributed by atoms with van der Waals surface area (Å²) in [5.41, 5.74) is 4.89. The van der Waals surface area contributed by atoms with E-state index in [2.05, 4.69) is 19.2 Å². The first-order chi connectivity index (χ1) is 12.3. The highest BCUT2D eigenvalue weighted by atomic mass is 16.5. The molecule has 0 aliphatic heterocycles. The topological polar surface area (TPSA) is 55.4 Å². The Bertz CT molecular complexity index is 805. The predicted octanol–water partition coefficient (Wildman–Crippen LogP) is 4.62. The van der Waals surface area contributed by atoms with Gasteiger partial charge < -0.3 is 10.1 Å². The molecule has 4 nitrogen and oxygen atoms in total. The fraction of sp³-hybridized carbons (Fsp3) is 0.273. The Kier molecular flexibility index (Phi) is 6.73. The van der Waals surface area contributed by atoms with Gasteiger partial charge in [-0.05, 0) is 54.2 Å². The first-order valence-electron chi connectivity index (χ1n) is 8.67. The Hall–Kier alpha value is -2.88. The molecule has 0 unspecified atom stereocenters. The van der Waals surface area contributed by atoms with Crippen molar-refractivity contribution in [3.8, 4) is 0 Å². The van der Waals surface area contributed by atoms with Crippen LogP contribution in [0.15, 0.2) is 48.5 Å². The zero-order valence-corrected chi connectivity index (χ0v) is 15.7. The van der Waals surface area contributed by atoms with E-state index in [1.54, 1.807) is 6.08 Å². The van der Waals surface area contributed by atoms with Gasteiger partial charge in [0, 0.05) is 11.8 Å². The molecule has 0 aromatic heterocycles. The maximum atomic E-state index is 11.9. The molecule has 0 aliphatic carbocycles. The van der Waals surface area contributed by atoms with Crippen molar-refractivity contribution in [3.63, 3.8) is 0 Å². The first kappa shape index (κ1) is 19.4. The third kappa shape index (κ3) is 5.88. The highest BCUT2D eigenvalue weighted by Crippen LogP contribution is 2.16. The molecule has 0 saturated carbocycles. The number of nitrogens with one attached hydrogen (secondary N) is 1. The molecule has 0 radical (unpaired) electrons. The standard InChI is InChI=1S/C22H25NO3/c1-15(2)19-10-7-18(8-11-19)9-12-22(25)26-14-21(24)23-20-13-16(3)5-6-17(20)4/h5-13,15H,14H2,1-4H3,(H,23,24)/b12-9+. The van der Waals surface area contributed by atoms with Gasteiger partial charge in [-0.15, -0.1) is 0 Å². The van der Waals surface area contributed by atoms with E-state index < -0.39 is 5.97 Å². The Balaban J connectivity index is 1.84. The SMILES string of the molecule is Cc1ccc(C)c(NC(=O)COC(=O)/C=C/c2ccc(C(C)C)cc2)c1. The lowest BCUT2D eigenvalue weighted by Crippen LogP contribution is -2.20. The molecule has 1 amide bonds. The largest absolute Gasteiger partial charge is 0.452 e. The number of amides is 1. The predicted molar refractivity (Wildman–Crippen MR) is 105 cm³/mol. The van der Waals surface area contributed by atoms with Crippen LogP contribution in [0, 0.1) is 13.8 Å². The maximum Gasteiger partial charge on any atom is 0.331 e. The van der Waals surface area contributed by atoms with E-state index in [1.807, 2.05) is 56.3 Å². The average molecular weight is 351 g/mol. The molecule has 2 aromatic rings. The Morgan fingerprint density at radius 1 is 1.08 bits per heavy atom. The summed E-state index contributed by atoms with van der Waals surface area (Å²) >= 11 is 0. The smallest absolute Gasteiger partial charge is 0.331 e. The lowest BCUT2D eigenvalue weighted by atomic mass is 10.0. The van der Waals surface area contributed by atoms with Crippen molar-refractivity contribution in [3.05, 3.63) is 70.8 Å². The van der Waals surface area contributed by atoms with E-state index in [0.717, 1.165) is 22.4 Å². The molecule has 1 N–H and O–H groups in total. The van der Waals surface area contributed by atoms with Gasteiger partial charge in [0.05, 0.1) is 0 Å². The zero-order valence-electron chi connectivity index (χ0n) is 15.7. The molecule has 0 fully saturated rings. The zero-order chi connectivity index (χ0) is 19.1. The van der Waals surface area contributed by atoms with Crippen molar-refractivity contribution in [2.24, 2.45) is 0 Å². The summed E-state index contributed by atoms with van der Waals surface area (Å²) < 4.78 is 4.99. The van der Waals surface area contributed by atoms with Gasteiger partial charge in [-0.2, -0.15) is 0 Å². The number of aryl methyl sites for hydroxylation is 2. The Morgan fingerprint density at radius 3 is 2.42 bits per heavy atom. The normalized spacial score (nSPS) is 11.0. The maximum absolute atomic E-state index is 11.9. The van der Waals surface area contributed by atoms with Crippen LogP contribution in [0.1, 0.15) is 42.0 Å². The molecule has 0 aliphatic rings. The van der Waals surface area contributed by atoms with Gasteiger partial charge in [-0.25, -0.2) is 4.79 Å². The summed E-state index contributed by atoms with van der Waals surface area (Å²) in [5.74, 6) is -0.440. The number of anilines is 1. The molecule has 4 heteroatoms. The van der Waals surface area contributed by atoms with Crippen LogP contribution in [-0.2, 0) is 14.3 Å². The monoisotopic (exact) mass is 351 g/mol. The van der Waals surface area contributed by atoms with Crippen LogP contribution in [0.5, 0.6) is 0 Å². The van der Waals surface area contributed by atoms with Crippen molar-refractivity contribution in [2.75, 3.05) is 11.9 Å². The fourth-order valence-electron chi connectivity index (χ4n) is 2.40. The van der Waals surface area contributed by atoms with Gasteiger partial charge in [0.15, 0.2) is 6.61 Å².